The summed E-state index contributed by atoms with van der Waals surface area (Å²) in [4.78, 5) is 24.3. The molecule has 0 saturated carbocycles. The first-order valence-electron chi connectivity index (χ1n) is 8.31. The van der Waals surface area contributed by atoms with Crippen molar-refractivity contribution in [3.8, 4) is 5.75 Å². The van der Waals surface area contributed by atoms with Gasteiger partial charge in [-0.1, -0.05) is 35.9 Å². The number of benzene rings is 3. The summed E-state index contributed by atoms with van der Waals surface area (Å²) < 4.78 is 0. The zero-order valence-electron chi connectivity index (χ0n) is 14.6. The number of hydrogen-bond acceptors (Lipinski definition) is 4. The first-order chi connectivity index (χ1) is 13.5. The smallest absolute Gasteiger partial charge is 0.271 e. The number of rotatable bonds is 5. The largest absolute Gasteiger partial charge is 0.508 e. The Morgan fingerprint density at radius 2 is 1.68 bits per heavy atom. The van der Waals surface area contributed by atoms with E-state index in [2.05, 4.69) is 15.8 Å². The Morgan fingerprint density at radius 1 is 0.929 bits per heavy atom. The predicted molar refractivity (Wildman–Crippen MR) is 109 cm³/mol. The fraction of sp³-hybridized carbons (Fsp3) is 0. The number of carbonyl (C=O) groups is 2. The molecule has 28 heavy (non-hydrogen) atoms. The summed E-state index contributed by atoms with van der Waals surface area (Å²) in [5.74, 6) is -0.643. The minimum Gasteiger partial charge on any atom is -0.508 e. The van der Waals surface area contributed by atoms with Crippen LogP contribution in [-0.2, 0) is 0 Å². The highest BCUT2D eigenvalue weighted by Crippen LogP contribution is 2.17. The van der Waals surface area contributed by atoms with Crippen LogP contribution in [0.5, 0.6) is 5.75 Å². The maximum Gasteiger partial charge on any atom is 0.271 e. The second kappa shape index (κ2) is 8.83. The average Bonchev–Trinajstić information content (AvgIpc) is 2.69. The molecule has 0 bridgehead atoms. The maximum atomic E-state index is 12.3. The van der Waals surface area contributed by atoms with Crippen molar-refractivity contribution in [3.63, 3.8) is 0 Å². The summed E-state index contributed by atoms with van der Waals surface area (Å²) in [5.41, 5.74) is 4.41. The van der Waals surface area contributed by atoms with E-state index in [1.165, 1.54) is 30.5 Å². The highest BCUT2D eigenvalue weighted by molar-refractivity contribution is 6.34. The number of carbonyl (C=O) groups excluding carboxylic acids is 2. The summed E-state index contributed by atoms with van der Waals surface area (Å²) in [6, 6.07) is 19.6. The summed E-state index contributed by atoms with van der Waals surface area (Å²) in [7, 11) is 0. The Bertz CT molecular complexity index is 1030. The molecule has 3 aromatic carbocycles. The summed E-state index contributed by atoms with van der Waals surface area (Å²) in [5, 5.41) is 16.3. The molecule has 0 aromatic heterocycles. The van der Waals surface area contributed by atoms with Crippen molar-refractivity contribution < 1.29 is 14.7 Å². The lowest BCUT2D eigenvalue weighted by Gasteiger charge is -2.07. The van der Waals surface area contributed by atoms with Gasteiger partial charge in [0.15, 0.2) is 0 Å². The van der Waals surface area contributed by atoms with Gasteiger partial charge in [-0.05, 0) is 54.1 Å². The van der Waals surface area contributed by atoms with Crippen LogP contribution in [0.25, 0.3) is 0 Å². The molecule has 3 rings (SSSR count). The zero-order valence-corrected chi connectivity index (χ0v) is 15.4. The van der Waals surface area contributed by atoms with Crippen LogP contribution in [0.2, 0.25) is 5.02 Å². The molecule has 3 N–H and O–H groups in total. The van der Waals surface area contributed by atoms with Gasteiger partial charge in [0.1, 0.15) is 5.75 Å². The number of amides is 2. The Labute approximate surface area is 166 Å². The zero-order chi connectivity index (χ0) is 19.9. The first kappa shape index (κ1) is 19.1. The third kappa shape index (κ3) is 4.96. The van der Waals surface area contributed by atoms with Gasteiger partial charge in [0, 0.05) is 11.3 Å². The van der Waals surface area contributed by atoms with E-state index in [1.54, 1.807) is 48.5 Å². The van der Waals surface area contributed by atoms with E-state index < -0.39 is 5.91 Å². The minimum absolute atomic E-state index is 0.0794. The van der Waals surface area contributed by atoms with Crippen LogP contribution in [0.1, 0.15) is 26.3 Å². The van der Waals surface area contributed by atoms with Gasteiger partial charge in [-0.25, -0.2) is 5.43 Å². The molecule has 6 nitrogen and oxygen atoms in total. The van der Waals surface area contributed by atoms with Gasteiger partial charge in [0.05, 0.1) is 16.8 Å². The van der Waals surface area contributed by atoms with Crippen LogP contribution >= 0.6 is 11.6 Å². The third-order valence-corrected chi connectivity index (χ3v) is 4.10. The second-order valence-electron chi connectivity index (χ2n) is 5.81. The average molecular weight is 394 g/mol. The minimum atomic E-state index is -0.403. The van der Waals surface area contributed by atoms with Crippen LogP contribution in [0.4, 0.5) is 5.69 Å². The highest BCUT2D eigenvalue weighted by atomic mass is 35.5. The van der Waals surface area contributed by atoms with Gasteiger partial charge < -0.3 is 10.4 Å². The SMILES string of the molecule is O=C(N/N=C/c1cccc(NC(=O)c2ccccc2Cl)c1)c1ccc(O)cc1. The first-order valence-corrected chi connectivity index (χ1v) is 8.69. The Hall–Kier alpha value is -3.64. The molecule has 2 amide bonds. The lowest BCUT2D eigenvalue weighted by atomic mass is 10.2. The molecule has 0 aliphatic rings. The molecule has 3 aromatic rings. The van der Waals surface area contributed by atoms with E-state index in [9.17, 15) is 14.7 Å². The molecule has 0 radical (unpaired) electrons. The molecule has 0 unspecified atom stereocenters. The molecule has 0 aliphatic heterocycles. The number of phenols is 1. The van der Waals surface area contributed by atoms with Crippen molar-refractivity contribution in [2.45, 2.75) is 0 Å². The van der Waals surface area contributed by atoms with E-state index >= 15 is 0 Å². The van der Waals surface area contributed by atoms with Crippen LogP contribution < -0.4 is 10.7 Å². The predicted octanol–water partition coefficient (Wildman–Crippen LogP) is 4.06. The molecule has 7 heteroatoms. The number of hydrazone groups is 1. The van der Waals surface area contributed by atoms with Crippen molar-refractivity contribution in [1.82, 2.24) is 5.43 Å². The molecule has 140 valence electrons. The lowest BCUT2D eigenvalue weighted by molar-refractivity contribution is 0.0954. The quantitative estimate of drug-likeness (QED) is 0.451. The number of aromatic hydroxyl groups is 1. The van der Waals surface area contributed by atoms with Crippen LogP contribution in [0.15, 0.2) is 77.9 Å². The van der Waals surface area contributed by atoms with Crippen LogP contribution in [0, 0.1) is 0 Å². The molecule has 0 saturated heterocycles. The topological polar surface area (TPSA) is 90.8 Å². The molecular weight excluding hydrogens is 378 g/mol. The number of nitrogens with one attached hydrogen (secondary N) is 2. The molecule has 0 spiro atoms. The van der Waals surface area contributed by atoms with Crippen molar-refractivity contribution in [3.05, 3.63) is 94.5 Å². The summed E-state index contributed by atoms with van der Waals surface area (Å²) in [6.45, 7) is 0. The number of phenolic OH excluding ortho intramolecular Hbond substituents is 1. The van der Waals surface area contributed by atoms with Crippen LogP contribution in [-0.4, -0.2) is 23.1 Å². The van der Waals surface area contributed by atoms with E-state index in [0.29, 0.717) is 27.4 Å². The van der Waals surface area contributed by atoms with Gasteiger partial charge in [0.25, 0.3) is 11.8 Å². The third-order valence-electron chi connectivity index (χ3n) is 3.77. The van der Waals surface area contributed by atoms with Crippen molar-refractivity contribution in [1.29, 1.82) is 0 Å². The van der Waals surface area contributed by atoms with E-state index in [1.807, 2.05) is 0 Å². The number of nitrogens with zero attached hydrogens (tertiary/aromatic N) is 1. The second-order valence-corrected chi connectivity index (χ2v) is 6.21. The molecule has 0 aliphatic carbocycles. The maximum absolute atomic E-state index is 12.3. The van der Waals surface area contributed by atoms with E-state index in [0.717, 1.165) is 0 Å². The Balaban J connectivity index is 1.63. The molecule has 0 atom stereocenters. The summed E-state index contributed by atoms with van der Waals surface area (Å²) in [6.07, 6.45) is 1.46. The van der Waals surface area contributed by atoms with Gasteiger partial charge in [0.2, 0.25) is 0 Å². The molecule has 0 fully saturated rings. The lowest BCUT2D eigenvalue weighted by Crippen LogP contribution is -2.17. The van der Waals surface area contributed by atoms with Crippen molar-refractivity contribution in [2.75, 3.05) is 5.32 Å². The summed E-state index contributed by atoms with van der Waals surface area (Å²) >= 11 is 6.04. The number of halogens is 1. The normalized spacial score (nSPS) is 10.6. The number of anilines is 1. The van der Waals surface area contributed by atoms with E-state index in [-0.39, 0.29) is 11.7 Å². The van der Waals surface area contributed by atoms with Crippen LogP contribution in [0.3, 0.4) is 0 Å². The molecule has 0 heterocycles. The Morgan fingerprint density at radius 3 is 2.43 bits per heavy atom. The van der Waals surface area contributed by atoms with Gasteiger partial charge in [-0.3, -0.25) is 9.59 Å². The standard InChI is InChI=1S/C21H16ClN3O3/c22-19-7-2-1-6-18(19)21(28)24-16-5-3-4-14(12-16)13-23-25-20(27)15-8-10-17(26)11-9-15/h1-13,26H,(H,24,28)(H,25,27)/b23-13+. The van der Waals surface area contributed by atoms with Gasteiger partial charge >= 0.3 is 0 Å². The molecular formula is C21H16ClN3O3. The van der Waals surface area contributed by atoms with Gasteiger partial charge in [-0.2, -0.15) is 5.10 Å². The Kier molecular flexibility index (Phi) is 6.04. The van der Waals surface area contributed by atoms with Crippen molar-refractivity contribution >= 4 is 35.3 Å². The fourth-order valence-corrected chi connectivity index (χ4v) is 2.60. The monoisotopic (exact) mass is 393 g/mol. The van der Waals surface area contributed by atoms with Crippen molar-refractivity contribution in [2.24, 2.45) is 5.10 Å². The van der Waals surface area contributed by atoms with E-state index in [4.69, 9.17) is 11.6 Å². The van der Waals surface area contributed by atoms with Gasteiger partial charge in [-0.15, -0.1) is 0 Å². The fourth-order valence-electron chi connectivity index (χ4n) is 2.38. The number of hydrogen-bond donors (Lipinski definition) is 3. The highest BCUT2D eigenvalue weighted by Gasteiger charge is 2.09.